The van der Waals surface area contributed by atoms with Crippen molar-refractivity contribution in [1.82, 2.24) is 0 Å². The Morgan fingerprint density at radius 3 is 2.08 bits per heavy atom. The van der Waals surface area contributed by atoms with Gasteiger partial charge in [0.25, 0.3) is 0 Å². The minimum absolute atomic E-state index is 0.0900. The van der Waals surface area contributed by atoms with E-state index in [1.807, 2.05) is 0 Å². The number of aryl methyl sites for hydroxylation is 1. The molecule has 0 spiro atoms. The van der Waals surface area contributed by atoms with Crippen LogP contribution in [-0.4, -0.2) is 0 Å². The van der Waals surface area contributed by atoms with Gasteiger partial charge < -0.3 is 0 Å². The third kappa shape index (κ3) is 1.69. The van der Waals surface area contributed by atoms with Crippen LogP contribution in [0.25, 0.3) is 0 Å². The van der Waals surface area contributed by atoms with Crippen LogP contribution in [0.2, 0.25) is 0 Å². The van der Waals surface area contributed by atoms with E-state index in [4.69, 9.17) is 0 Å². The van der Waals surface area contributed by atoms with E-state index in [0.29, 0.717) is 6.42 Å². The average Bonchev–Trinajstić information content (AvgIpc) is 2.12. The van der Waals surface area contributed by atoms with Crippen LogP contribution in [0.1, 0.15) is 25.0 Å². The molecule has 1 aromatic rings. The summed E-state index contributed by atoms with van der Waals surface area (Å²) in [4.78, 5) is 0. The summed E-state index contributed by atoms with van der Waals surface area (Å²) in [5.41, 5.74) is -0.0816. The van der Waals surface area contributed by atoms with Crippen molar-refractivity contribution >= 4 is 0 Å². The summed E-state index contributed by atoms with van der Waals surface area (Å²) in [6.07, 6.45) is 0.461. The zero-order valence-electron chi connectivity index (χ0n) is 7.63. The number of rotatable bonds is 2. The average molecular weight is 188 g/mol. The van der Waals surface area contributed by atoms with Crippen molar-refractivity contribution in [3.05, 3.63) is 34.6 Å². The van der Waals surface area contributed by atoms with E-state index in [0.717, 1.165) is 6.07 Å². The molecule has 0 heterocycles. The first-order valence-electron chi connectivity index (χ1n) is 4.27. The molecular formula is C10H11F3. The summed E-state index contributed by atoms with van der Waals surface area (Å²) >= 11 is 0. The molecule has 3 heteroatoms. The topological polar surface area (TPSA) is 0 Å². The lowest BCUT2D eigenvalue weighted by molar-refractivity contribution is 0.473. The van der Waals surface area contributed by atoms with Gasteiger partial charge in [-0.2, -0.15) is 0 Å². The Labute approximate surface area is 75.4 Å². The molecule has 0 aromatic heterocycles. The molecule has 0 N–H and O–H groups in total. The van der Waals surface area contributed by atoms with Crippen molar-refractivity contribution in [3.63, 3.8) is 0 Å². The van der Waals surface area contributed by atoms with Crippen LogP contribution in [0.3, 0.4) is 0 Å². The summed E-state index contributed by atoms with van der Waals surface area (Å²) in [6.45, 7) is 3.25. The molecule has 0 aliphatic heterocycles. The molecule has 0 nitrogen and oxygen atoms in total. The van der Waals surface area contributed by atoms with E-state index < -0.39 is 17.5 Å². The summed E-state index contributed by atoms with van der Waals surface area (Å²) < 4.78 is 39.3. The first-order chi connectivity index (χ1) is 6.11. The van der Waals surface area contributed by atoms with Gasteiger partial charge in [-0.15, -0.1) is 0 Å². The normalized spacial score (nSPS) is 10.5. The number of benzene rings is 1. The summed E-state index contributed by atoms with van der Waals surface area (Å²) in [5, 5.41) is 0. The lowest BCUT2D eigenvalue weighted by atomic mass is 10.1. The van der Waals surface area contributed by atoms with Crippen molar-refractivity contribution in [2.75, 3.05) is 0 Å². The van der Waals surface area contributed by atoms with Crippen LogP contribution in [0.4, 0.5) is 13.2 Å². The maximum Gasteiger partial charge on any atom is 0.165 e. The largest absolute Gasteiger partial charge is 0.207 e. The molecule has 0 saturated carbocycles. The highest BCUT2D eigenvalue weighted by atomic mass is 19.2. The maximum atomic E-state index is 13.1. The Hall–Kier alpha value is -0.990. The van der Waals surface area contributed by atoms with Gasteiger partial charge in [-0.1, -0.05) is 13.8 Å². The predicted molar refractivity (Wildman–Crippen MR) is 45.1 cm³/mol. The van der Waals surface area contributed by atoms with Gasteiger partial charge in [0.2, 0.25) is 0 Å². The first kappa shape index (κ1) is 10.1. The second-order valence-corrected chi connectivity index (χ2v) is 2.83. The van der Waals surface area contributed by atoms with Crippen LogP contribution in [0.15, 0.2) is 6.07 Å². The predicted octanol–water partition coefficient (Wildman–Crippen LogP) is 3.23. The third-order valence-corrected chi connectivity index (χ3v) is 2.06. The van der Waals surface area contributed by atoms with Crippen molar-refractivity contribution in [3.8, 4) is 0 Å². The Balaban J connectivity index is 3.37. The van der Waals surface area contributed by atoms with Crippen molar-refractivity contribution in [2.45, 2.75) is 26.7 Å². The monoisotopic (exact) mass is 188 g/mol. The molecule has 0 aliphatic rings. The highest BCUT2D eigenvalue weighted by molar-refractivity contribution is 5.28. The molecule has 13 heavy (non-hydrogen) atoms. The van der Waals surface area contributed by atoms with E-state index in [1.165, 1.54) is 0 Å². The van der Waals surface area contributed by atoms with Crippen LogP contribution in [0, 0.1) is 17.5 Å². The Bertz CT molecular complexity index is 318. The standard InChI is InChI=1S/C10H11F3/c1-3-6-5-8(11)7(4-2)10(13)9(6)12/h5H,3-4H2,1-2H3. The fourth-order valence-electron chi connectivity index (χ4n) is 1.26. The minimum atomic E-state index is -1.04. The molecule has 1 aromatic carbocycles. The second-order valence-electron chi connectivity index (χ2n) is 2.83. The lowest BCUT2D eigenvalue weighted by Crippen LogP contribution is -2.02. The van der Waals surface area contributed by atoms with Gasteiger partial charge in [-0.25, -0.2) is 13.2 Å². The van der Waals surface area contributed by atoms with Gasteiger partial charge in [-0.05, 0) is 24.5 Å². The Morgan fingerprint density at radius 1 is 1.00 bits per heavy atom. The summed E-state index contributed by atoms with van der Waals surface area (Å²) in [5.74, 6) is -2.61. The summed E-state index contributed by atoms with van der Waals surface area (Å²) in [7, 11) is 0. The summed E-state index contributed by atoms with van der Waals surface area (Å²) in [6, 6.07) is 1.07. The van der Waals surface area contributed by atoms with Crippen LogP contribution >= 0.6 is 0 Å². The maximum absolute atomic E-state index is 13.1. The van der Waals surface area contributed by atoms with Gasteiger partial charge in [0.1, 0.15) is 5.82 Å². The quantitative estimate of drug-likeness (QED) is 0.625. The van der Waals surface area contributed by atoms with Gasteiger partial charge in [0.05, 0.1) is 0 Å². The highest BCUT2D eigenvalue weighted by Gasteiger charge is 2.15. The smallest absolute Gasteiger partial charge is 0.165 e. The number of hydrogen-bond acceptors (Lipinski definition) is 0. The molecule has 0 amide bonds. The van der Waals surface area contributed by atoms with Crippen molar-refractivity contribution in [1.29, 1.82) is 0 Å². The molecular weight excluding hydrogens is 177 g/mol. The number of halogens is 3. The lowest BCUT2D eigenvalue weighted by Gasteiger charge is -2.06. The molecule has 1 rings (SSSR count). The van der Waals surface area contributed by atoms with E-state index in [-0.39, 0.29) is 17.5 Å². The van der Waals surface area contributed by atoms with Gasteiger partial charge >= 0.3 is 0 Å². The highest BCUT2D eigenvalue weighted by Crippen LogP contribution is 2.20. The third-order valence-electron chi connectivity index (χ3n) is 2.06. The molecule has 0 saturated heterocycles. The molecule has 0 bridgehead atoms. The van der Waals surface area contributed by atoms with E-state index in [1.54, 1.807) is 13.8 Å². The fourth-order valence-corrected chi connectivity index (χ4v) is 1.26. The van der Waals surface area contributed by atoms with Gasteiger partial charge in [-0.3, -0.25) is 0 Å². The van der Waals surface area contributed by atoms with E-state index >= 15 is 0 Å². The van der Waals surface area contributed by atoms with Gasteiger partial charge in [0.15, 0.2) is 11.6 Å². The molecule has 0 atom stereocenters. The molecule has 0 fully saturated rings. The molecule has 0 unspecified atom stereocenters. The molecule has 0 aliphatic carbocycles. The Kier molecular flexibility index (Phi) is 2.96. The van der Waals surface area contributed by atoms with Gasteiger partial charge in [0, 0.05) is 5.56 Å². The Morgan fingerprint density at radius 2 is 1.62 bits per heavy atom. The minimum Gasteiger partial charge on any atom is -0.207 e. The van der Waals surface area contributed by atoms with Crippen LogP contribution < -0.4 is 0 Å². The first-order valence-corrected chi connectivity index (χ1v) is 4.27. The fraction of sp³-hybridized carbons (Fsp3) is 0.400. The molecule has 72 valence electrons. The van der Waals surface area contributed by atoms with Crippen molar-refractivity contribution in [2.24, 2.45) is 0 Å². The van der Waals surface area contributed by atoms with Crippen molar-refractivity contribution < 1.29 is 13.2 Å². The molecule has 0 radical (unpaired) electrons. The van der Waals surface area contributed by atoms with E-state index in [9.17, 15) is 13.2 Å². The SMILES string of the molecule is CCc1cc(F)c(CC)c(F)c1F. The number of hydrogen-bond donors (Lipinski definition) is 0. The zero-order valence-corrected chi connectivity index (χ0v) is 7.63. The zero-order chi connectivity index (χ0) is 10.0. The van der Waals surface area contributed by atoms with Crippen LogP contribution in [0.5, 0.6) is 0 Å². The van der Waals surface area contributed by atoms with Crippen LogP contribution in [-0.2, 0) is 12.8 Å². The second kappa shape index (κ2) is 3.81. The van der Waals surface area contributed by atoms with E-state index in [2.05, 4.69) is 0 Å².